The van der Waals surface area contributed by atoms with Gasteiger partial charge in [-0.1, -0.05) is 0 Å². The Kier molecular flexibility index (Phi) is 4.44. The number of halogens is 1. The van der Waals surface area contributed by atoms with Gasteiger partial charge in [0.05, 0.1) is 0 Å². The Labute approximate surface area is 161 Å². The first-order valence-electron chi connectivity index (χ1n) is 8.85. The lowest BCUT2D eigenvalue weighted by molar-refractivity contribution is 0.560. The molecule has 27 heavy (non-hydrogen) atoms. The number of thiocarbonyl (C=S) groups is 1. The summed E-state index contributed by atoms with van der Waals surface area (Å²) in [5, 5.41) is 4.65. The molecule has 1 aromatic heterocycles. The van der Waals surface area contributed by atoms with Crippen molar-refractivity contribution in [2.45, 2.75) is 32.7 Å². The number of anilines is 2. The van der Waals surface area contributed by atoms with Crippen molar-refractivity contribution in [2.24, 2.45) is 0 Å². The number of benzene rings is 2. The molecule has 0 saturated heterocycles. The average Bonchev–Trinajstić information content (AvgIpc) is 2.61. The summed E-state index contributed by atoms with van der Waals surface area (Å²) in [4.78, 5) is 13.7. The number of aryl methyl sites for hydroxylation is 2. The lowest BCUT2D eigenvalue weighted by Crippen LogP contribution is -2.44. The highest BCUT2D eigenvalue weighted by atomic mass is 32.1. The van der Waals surface area contributed by atoms with Crippen LogP contribution in [0.4, 0.5) is 15.8 Å². The van der Waals surface area contributed by atoms with Gasteiger partial charge in [0, 0.05) is 34.9 Å². The molecule has 1 aliphatic rings. The zero-order valence-corrected chi connectivity index (χ0v) is 15.9. The van der Waals surface area contributed by atoms with E-state index in [2.05, 4.69) is 12.2 Å². The first-order chi connectivity index (χ1) is 12.9. The molecule has 138 valence electrons. The fourth-order valence-electron chi connectivity index (χ4n) is 3.62. The minimum Gasteiger partial charge on any atom is -0.423 e. The van der Waals surface area contributed by atoms with E-state index in [1.807, 2.05) is 24.0 Å². The minimum atomic E-state index is -0.375. The zero-order chi connectivity index (χ0) is 19.1. The number of fused-ring (bicyclic) bond motifs is 2. The third kappa shape index (κ3) is 3.32. The highest BCUT2D eigenvalue weighted by Crippen LogP contribution is 2.32. The molecule has 0 radical (unpaired) electrons. The van der Waals surface area contributed by atoms with Crippen LogP contribution in [0.1, 0.15) is 24.5 Å². The van der Waals surface area contributed by atoms with E-state index in [9.17, 15) is 9.18 Å². The minimum absolute atomic E-state index is 0.198. The fraction of sp³-hybridized carbons (Fsp3) is 0.238. The van der Waals surface area contributed by atoms with Gasteiger partial charge in [0.2, 0.25) is 0 Å². The summed E-state index contributed by atoms with van der Waals surface area (Å²) in [6.45, 7) is 3.98. The Bertz CT molecular complexity index is 1110. The molecule has 0 fully saturated rings. The van der Waals surface area contributed by atoms with Gasteiger partial charge in [-0.05, 0) is 80.4 Å². The monoisotopic (exact) mass is 382 g/mol. The molecule has 2 heterocycles. The number of hydrogen-bond donors (Lipinski definition) is 1. The van der Waals surface area contributed by atoms with Crippen LogP contribution >= 0.6 is 12.2 Å². The van der Waals surface area contributed by atoms with Gasteiger partial charge >= 0.3 is 5.63 Å². The molecular formula is C21H19FN2O2S. The average molecular weight is 382 g/mol. The summed E-state index contributed by atoms with van der Waals surface area (Å²) in [7, 11) is 0. The summed E-state index contributed by atoms with van der Waals surface area (Å²) >= 11 is 5.65. The molecular weight excluding hydrogens is 363 g/mol. The molecule has 1 N–H and O–H groups in total. The predicted molar refractivity (Wildman–Crippen MR) is 110 cm³/mol. The Morgan fingerprint density at radius 3 is 2.89 bits per heavy atom. The van der Waals surface area contributed by atoms with Crippen LogP contribution in [-0.2, 0) is 6.42 Å². The van der Waals surface area contributed by atoms with Crippen LogP contribution in [0.15, 0.2) is 51.7 Å². The topological polar surface area (TPSA) is 45.5 Å². The molecule has 1 atom stereocenters. The highest BCUT2D eigenvalue weighted by molar-refractivity contribution is 7.80. The maximum Gasteiger partial charge on any atom is 0.336 e. The van der Waals surface area contributed by atoms with E-state index in [0.29, 0.717) is 10.7 Å². The molecule has 2 aromatic carbocycles. The van der Waals surface area contributed by atoms with Gasteiger partial charge in [-0.3, -0.25) is 0 Å². The maximum atomic E-state index is 13.6. The molecule has 0 aliphatic carbocycles. The second kappa shape index (κ2) is 6.78. The Morgan fingerprint density at radius 1 is 1.26 bits per heavy atom. The highest BCUT2D eigenvalue weighted by Gasteiger charge is 2.26. The summed E-state index contributed by atoms with van der Waals surface area (Å²) in [5.41, 5.74) is 3.63. The van der Waals surface area contributed by atoms with E-state index >= 15 is 0 Å². The van der Waals surface area contributed by atoms with Crippen LogP contribution < -0.4 is 15.8 Å². The summed E-state index contributed by atoms with van der Waals surface area (Å²) in [6.07, 6.45) is 1.72. The first kappa shape index (κ1) is 17.7. The lowest BCUT2D eigenvalue weighted by atomic mass is 9.97. The quantitative estimate of drug-likeness (QED) is 0.485. The Balaban J connectivity index is 1.66. The normalized spacial score (nSPS) is 16.3. The van der Waals surface area contributed by atoms with Crippen molar-refractivity contribution in [1.82, 2.24) is 0 Å². The van der Waals surface area contributed by atoms with Crippen LogP contribution in [0.2, 0.25) is 0 Å². The second-order valence-electron chi connectivity index (χ2n) is 6.92. The van der Waals surface area contributed by atoms with E-state index in [1.54, 1.807) is 18.2 Å². The number of nitrogens with one attached hydrogen (secondary N) is 1. The molecule has 0 spiro atoms. The number of nitrogens with zero attached hydrogens (tertiary/aromatic N) is 1. The van der Waals surface area contributed by atoms with Crippen molar-refractivity contribution in [3.63, 3.8) is 0 Å². The van der Waals surface area contributed by atoms with Crippen molar-refractivity contribution in [3.05, 3.63) is 69.8 Å². The maximum absolute atomic E-state index is 13.6. The molecule has 0 unspecified atom stereocenters. The van der Waals surface area contributed by atoms with Crippen LogP contribution in [0, 0.1) is 12.7 Å². The van der Waals surface area contributed by atoms with Crippen LogP contribution in [0.3, 0.4) is 0 Å². The largest absolute Gasteiger partial charge is 0.423 e. The number of hydrogen-bond acceptors (Lipinski definition) is 3. The Morgan fingerprint density at radius 2 is 2.07 bits per heavy atom. The van der Waals surface area contributed by atoms with E-state index in [-0.39, 0.29) is 17.5 Å². The van der Waals surface area contributed by atoms with Gasteiger partial charge < -0.3 is 14.6 Å². The van der Waals surface area contributed by atoms with E-state index in [0.717, 1.165) is 40.7 Å². The van der Waals surface area contributed by atoms with Gasteiger partial charge in [-0.25, -0.2) is 9.18 Å². The molecule has 1 aliphatic heterocycles. The number of rotatable bonds is 1. The van der Waals surface area contributed by atoms with E-state index in [4.69, 9.17) is 16.6 Å². The summed E-state index contributed by atoms with van der Waals surface area (Å²) in [5.74, 6) is -0.234. The van der Waals surface area contributed by atoms with Gasteiger partial charge in [0.25, 0.3) is 0 Å². The third-order valence-electron chi connectivity index (χ3n) is 4.99. The smallest absolute Gasteiger partial charge is 0.336 e. The van der Waals surface area contributed by atoms with Crippen LogP contribution in [0.5, 0.6) is 0 Å². The van der Waals surface area contributed by atoms with Crippen molar-refractivity contribution in [1.29, 1.82) is 0 Å². The molecule has 6 heteroatoms. The van der Waals surface area contributed by atoms with Crippen molar-refractivity contribution < 1.29 is 8.81 Å². The molecule has 4 rings (SSSR count). The van der Waals surface area contributed by atoms with E-state index < -0.39 is 0 Å². The summed E-state index contributed by atoms with van der Waals surface area (Å²) in [6, 6.07) is 12.1. The van der Waals surface area contributed by atoms with E-state index in [1.165, 1.54) is 12.1 Å². The third-order valence-corrected chi connectivity index (χ3v) is 5.29. The molecule has 4 nitrogen and oxygen atoms in total. The van der Waals surface area contributed by atoms with Gasteiger partial charge in [-0.15, -0.1) is 0 Å². The zero-order valence-electron chi connectivity index (χ0n) is 15.1. The standard InChI is InChI=1S/C21H19FN2O2S/c1-12-9-20(25)26-19-11-16(6-7-17(12)19)23-21(27)24-13(2)3-4-14-10-15(22)5-8-18(14)24/h5-11,13H,3-4H2,1-2H3,(H,23,27)/t13-/m1/s1. The van der Waals surface area contributed by atoms with Gasteiger partial charge in [-0.2, -0.15) is 0 Å². The summed E-state index contributed by atoms with van der Waals surface area (Å²) < 4.78 is 18.9. The first-order valence-corrected chi connectivity index (χ1v) is 9.26. The van der Waals surface area contributed by atoms with Crippen molar-refractivity contribution in [2.75, 3.05) is 10.2 Å². The van der Waals surface area contributed by atoms with Crippen LogP contribution in [-0.4, -0.2) is 11.2 Å². The van der Waals surface area contributed by atoms with Crippen molar-refractivity contribution >= 4 is 39.7 Å². The molecule has 0 bridgehead atoms. The molecule has 3 aromatic rings. The van der Waals surface area contributed by atoms with Gasteiger partial charge in [0.15, 0.2) is 5.11 Å². The van der Waals surface area contributed by atoms with Crippen molar-refractivity contribution in [3.8, 4) is 0 Å². The molecule has 0 saturated carbocycles. The van der Waals surface area contributed by atoms with Crippen LogP contribution in [0.25, 0.3) is 11.0 Å². The fourth-order valence-corrected chi connectivity index (χ4v) is 4.01. The predicted octanol–water partition coefficient (Wildman–Crippen LogP) is 4.78. The van der Waals surface area contributed by atoms with Gasteiger partial charge in [0.1, 0.15) is 11.4 Å². The second-order valence-corrected chi connectivity index (χ2v) is 7.31. The molecule has 0 amide bonds. The Hall–Kier alpha value is -2.73. The lowest BCUT2D eigenvalue weighted by Gasteiger charge is -2.37. The SMILES string of the molecule is Cc1cc(=O)oc2cc(NC(=S)N3c4ccc(F)cc4CC[C@H]3C)ccc12.